The lowest BCUT2D eigenvalue weighted by Crippen LogP contribution is -2.42. The van der Waals surface area contributed by atoms with Crippen molar-refractivity contribution in [3.63, 3.8) is 0 Å². The van der Waals surface area contributed by atoms with E-state index in [2.05, 4.69) is 44.9 Å². The Morgan fingerprint density at radius 2 is 2.00 bits per heavy atom. The number of hydrogen-bond donors (Lipinski definition) is 2. The first-order chi connectivity index (χ1) is 14.2. The minimum absolute atomic E-state index is 0.0920. The van der Waals surface area contributed by atoms with Crippen LogP contribution in [0.25, 0.3) is 0 Å². The quantitative estimate of drug-likeness (QED) is 0.474. The number of methoxy groups -OCH3 is 1. The molecular weight excluding hydrogens is 394 g/mol. The maximum atomic E-state index is 12.4. The highest BCUT2D eigenvalue weighted by Gasteiger charge is 2.37. The van der Waals surface area contributed by atoms with E-state index in [4.69, 9.17) is 4.74 Å². The van der Waals surface area contributed by atoms with Gasteiger partial charge in [0.2, 0.25) is 0 Å². The Hall–Kier alpha value is -1.51. The SMILES string of the molecule is COC(=O)c1sc(C#CC(C)(C)C)cc1NC1CCC(O)CC1C1CCC[C@H](C)C1. The first-order valence-electron chi connectivity index (χ1n) is 11.4. The lowest BCUT2D eigenvalue weighted by molar-refractivity contribution is 0.0554. The number of ether oxygens (including phenoxy) is 1. The summed E-state index contributed by atoms with van der Waals surface area (Å²) >= 11 is 1.40. The summed E-state index contributed by atoms with van der Waals surface area (Å²) in [4.78, 5) is 13.9. The zero-order valence-electron chi connectivity index (χ0n) is 19.1. The van der Waals surface area contributed by atoms with Gasteiger partial charge in [0.25, 0.3) is 0 Å². The van der Waals surface area contributed by atoms with Crippen LogP contribution >= 0.6 is 11.3 Å². The van der Waals surface area contributed by atoms with Gasteiger partial charge in [-0.3, -0.25) is 0 Å². The first-order valence-corrected chi connectivity index (χ1v) is 12.2. The Balaban J connectivity index is 1.85. The summed E-state index contributed by atoms with van der Waals surface area (Å²) in [7, 11) is 1.43. The lowest BCUT2D eigenvalue weighted by atomic mass is 9.68. The number of carbonyl (C=O) groups excluding carboxylic acids is 1. The number of anilines is 1. The first kappa shape index (κ1) is 23.2. The average molecular weight is 432 g/mol. The second-order valence-electron chi connectivity index (χ2n) is 10.3. The molecule has 3 rings (SSSR count). The maximum Gasteiger partial charge on any atom is 0.350 e. The van der Waals surface area contributed by atoms with Crippen LogP contribution in [0.1, 0.15) is 87.2 Å². The fourth-order valence-corrected chi connectivity index (χ4v) is 5.90. The monoisotopic (exact) mass is 431 g/mol. The number of aliphatic hydroxyl groups is 1. The summed E-state index contributed by atoms with van der Waals surface area (Å²) in [5.74, 6) is 8.01. The number of esters is 1. The maximum absolute atomic E-state index is 12.4. The molecule has 2 fully saturated rings. The van der Waals surface area contributed by atoms with Crippen LogP contribution in [0.15, 0.2) is 6.07 Å². The van der Waals surface area contributed by atoms with Crippen LogP contribution in [-0.2, 0) is 4.74 Å². The van der Waals surface area contributed by atoms with Crippen LogP contribution in [0.3, 0.4) is 0 Å². The predicted octanol–water partition coefficient (Wildman–Crippen LogP) is 5.70. The van der Waals surface area contributed by atoms with Crippen molar-refractivity contribution in [3.05, 3.63) is 15.8 Å². The molecule has 4 nitrogen and oxygen atoms in total. The second kappa shape index (κ2) is 9.75. The Morgan fingerprint density at radius 3 is 2.67 bits per heavy atom. The molecule has 0 aliphatic heterocycles. The van der Waals surface area contributed by atoms with Gasteiger partial charge in [-0.1, -0.05) is 38.0 Å². The van der Waals surface area contributed by atoms with E-state index in [9.17, 15) is 9.90 Å². The summed E-state index contributed by atoms with van der Waals surface area (Å²) < 4.78 is 5.04. The molecule has 2 aliphatic rings. The fourth-order valence-electron chi connectivity index (χ4n) is 5.01. The normalized spacial score (nSPS) is 29.6. The Kier molecular flexibility index (Phi) is 7.52. The Labute approximate surface area is 185 Å². The summed E-state index contributed by atoms with van der Waals surface area (Å²) in [5.41, 5.74) is 0.742. The van der Waals surface area contributed by atoms with Crippen LogP contribution in [-0.4, -0.2) is 30.3 Å². The van der Waals surface area contributed by atoms with Gasteiger partial charge in [0.1, 0.15) is 4.88 Å². The summed E-state index contributed by atoms with van der Waals surface area (Å²) in [6.45, 7) is 8.59. The molecule has 1 heterocycles. The number of nitrogens with one attached hydrogen (secondary N) is 1. The van der Waals surface area contributed by atoms with Crippen molar-refractivity contribution in [3.8, 4) is 11.8 Å². The Bertz CT molecular complexity index is 798. The molecule has 2 aliphatic carbocycles. The number of thiophene rings is 1. The zero-order chi connectivity index (χ0) is 21.9. The highest BCUT2D eigenvalue weighted by Crippen LogP contribution is 2.42. The third-order valence-electron chi connectivity index (χ3n) is 6.46. The molecule has 2 N–H and O–H groups in total. The molecule has 0 saturated heterocycles. The molecule has 0 spiro atoms. The van der Waals surface area contributed by atoms with Crippen molar-refractivity contribution in [1.82, 2.24) is 0 Å². The van der Waals surface area contributed by atoms with Gasteiger partial charge in [-0.2, -0.15) is 0 Å². The van der Waals surface area contributed by atoms with Gasteiger partial charge in [-0.15, -0.1) is 11.3 Å². The molecule has 1 aromatic heterocycles. The van der Waals surface area contributed by atoms with Gasteiger partial charge in [0, 0.05) is 11.5 Å². The molecule has 166 valence electrons. The van der Waals surface area contributed by atoms with E-state index in [0.29, 0.717) is 16.7 Å². The molecule has 0 amide bonds. The molecule has 0 radical (unpaired) electrons. The molecular formula is C25H37NO3S. The molecule has 1 aromatic rings. The van der Waals surface area contributed by atoms with Crippen LogP contribution < -0.4 is 5.32 Å². The van der Waals surface area contributed by atoms with E-state index >= 15 is 0 Å². The molecule has 2 saturated carbocycles. The summed E-state index contributed by atoms with van der Waals surface area (Å²) in [6.07, 6.45) is 7.47. The van der Waals surface area contributed by atoms with E-state index < -0.39 is 0 Å². The van der Waals surface area contributed by atoms with Crippen LogP contribution in [0.4, 0.5) is 5.69 Å². The number of carbonyl (C=O) groups is 1. The third-order valence-corrected chi connectivity index (χ3v) is 7.49. The minimum atomic E-state index is -0.315. The van der Waals surface area contributed by atoms with Gasteiger partial charge >= 0.3 is 5.97 Å². The van der Waals surface area contributed by atoms with Gasteiger partial charge in [-0.25, -0.2) is 4.79 Å². The highest BCUT2D eigenvalue weighted by molar-refractivity contribution is 7.15. The van der Waals surface area contributed by atoms with E-state index in [1.54, 1.807) is 0 Å². The molecule has 4 unspecified atom stereocenters. The minimum Gasteiger partial charge on any atom is -0.465 e. The van der Waals surface area contributed by atoms with Crippen LogP contribution in [0.2, 0.25) is 0 Å². The standard InChI is InChI=1S/C25H37NO3S/c1-16-7-6-8-17(13-16)20-14-18(27)9-10-21(20)26-22-15-19(11-12-25(2,3)4)30-23(22)24(28)29-5/h15-18,20-21,26-27H,6-10,13-14H2,1-5H3/t16-,17?,18?,20?,21?/m0/s1. The summed E-state index contributed by atoms with van der Waals surface area (Å²) in [6, 6.07) is 2.27. The van der Waals surface area contributed by atoms with Crippen molar-refractivity contribution in [2.24, 2.45) is 23.2 Å². The summed E-state index contributed by atoms with van der Waals surface area (Å²) in [5, 5.41) is 14.1. The van der Waals surface area contributed by atoms with Crippen molar-refractivity contribution >= 4 is 23.0 Å². The Morgan fingerprint density at radius 1 is 1.23 bits per heavy atom. The van der Waals surface area contributed by atoms with Crippen molar-refractivity contribution in [2.45, 2.75) is 84.8 Å². The van der Waals surface area contributed by atoms with Gasteiger partial charge in [0.05, 0.1) is 23.8 Å². The smallest absolute Gasteiger partial charge is 0.350 e. The van der Waals surface area contributed by atoms with Crippen molar-refractivity contribution in [2.75, 3.05) is 12.4 Å². The molecule has 5 atom stereocenters. The molecule has 5 heteroatoms. The van der Waals surface area contributed by atoms with Gasteiger partial charge in [0.15, 0.2) is 0 Å². The van der Waals surface area contributed by atoms with E-state index in [1.807, 2.05) is 6.07 Å². The van der Waals surface area contributed by atoms with E-state index in [0.717, 1.165) is 35.7 Å². The molecule has 0 aromatic carbocycles. The van der Waals surface area contributed by atoms with Crippen LogP contribution in [0.5, 0.6) is 0 Å². The number of aliphatic hydroxyl groups excluding tert-OH is 1. The topological polar surface area (TPSA) is 58.6 Å². The largest absolute Gasteiger partial charge is 0.465 e. The number of rotatable bonds is 4. The fraction of sp³-hybridized carbons (Fsp3) is 0.720. The molecule has 0 bridgehead atoms. The highest BCUT2D eigenvalue weighted by atomic mass is 32.1. The van der Waals surface area contributed by atoms with E-state index in [-0.39, 0.29) is 23.5 Å². The van der Waals surface area contributed by atoms with Crippen molar-refractivity contribution in [1.29, 1.82) is 0 Å². The average Bonchev–Trinajstić information content (AvgIpc) is 3.09. The second-order valence-corrected chi connectivity index (χ2v) is 11.3. The van der Waals surface area contributed by atoms with E-state index in [1.165, 1.54) is 44.1 Å². The van der Waals surface area contributed by atoms with Crippen molar-refractivity contribution < 1.29 is 14.6 Å². The van der Waals surface area contributed by atoms with Gasteiger partial charge in [-0.05, 0) is 70.3 Å². The number of hydrogen-bond acceptors (Lipinski definition) is 5. The lowest BCUT2D eigenvalue weighted by Gasteiger charge is -2.42. The zero-order valence-corrected chi connectivity index (χ0v) is 19.9. The molecule has 30 heavy (non-hydrogen) atoms. The van der Waals surface area contributed by atoms with Gasteiger partial charge < -0.3 is 15.2 Å². The predicted molar refractivity (Wildman–Crippen MR) is 124 cm³/mol. The van der Waals surface area contributed by atoms with Crippen LogP contribution in [0, 0.1) is 35.0 Å². The third kappa shape index (κ3) is 6.02.